The van der Waals surface area contributed by atoms with Gasteiger partial charge in [-0.05, 0) is 25.1 Å². The van der Waals surface area contributed by atoms with Crippen LogP contribution in [0.5, 0.6) is 5.75 Å². The molecule has 1 radical (unpaired) electrons. The molecule has 0 unspecified atom stereocenters. The lowest BCUT2D eigenvalue weighted by Crippen LogP contribution is -2.00. The fraction of sp³-hybridized carbons (Fsp3) is 0.182. The molecule has 0 aliphatic rings. The van der Waals surface area contributed by atoms with E-state index in [0.29, 0.717) is 6.61 Å². The van der Waals surface area contributed by atoms with Crippen LogP contribution in [0.1, 0.15) is 6.92 Å². The third kappa shape index (κ3) is 1.62. The highest BCUT2D eigenvalue weighted by atomic mass is 16.5. The highest BCUT2D eigenvalue weighted by Gasteiger charge is 2.03. The van der Waals surface area contributed by atoms with E-state index in [9.17, 15) is 0 Å². The number of nitrogens with zero attached hydrogens (tertiary/aromatic N) is 2. The van der Waals surface area contributed by atoms with Gasteiger partial charge in [0.2, 0.25) is 0 Å². The molecule has 0 spiro atoms. The minimum absolute atomic E-state index is 0.655. The number of ether oxygens (including phenoxy) is 1. The number of aromatic nitrogens is 2. The van der Waals surface area contributed by atoms with E-state index in [1.807, 2.05) is 37.4 Å². The lowest BCUT2D eigenvalue weighted by Gasteiger charge is -2.08. The van der Waals surface area contributed by atoms with Gasteiger partial charge in [-0.3, -0.25) is 0 Å². The molecule has 0 saturated heterocycles. The summed E-state index contributed by atoms with van der Waals surface area (Å²) in [7, 11) is 0. The van der Waals surface area contributed by atoms with Crippen molar-refractivity contribution in [3.05, 3.63) is 42.7 Å². The van der Waals surface area contributed by atoms with Crippen LogP contribution in [-0.4, -0.2) is 16.4 Å². The van der Waals surface area contributed by atoms with Crippen LogP contribution in [0.2, 0.25) is 0 Å². The fourth-order valence-electron chi connectivity index (χ4n) is 1.29. The van der Waals surface area contributed by atoms with Crippen LogP contribution < -0.4 is 4.74 Å². The van der Waals surface area contributed by atoms with Gasteiger partial charge in [-0.1, -0.05) is 12.1 Å². The van der Waals surface area contributed by atoms with Gasteiger partial charge < -0.3 is 4.74 Å². The lowest BCUT2D eigenvalue weighted by atomic mass is 10.3. The second kappa shape index (κ2) is 3.96. The zero-order valence-corrected chi connectivity index (χ0v) is 7.97. The second-order valence-corrected chi connectivity index (χ2v) is 2.79. The molecule has 0 bridgehead atoms. The maximum atomic E-state index is 5.49. The average molecular weight is 187 g/mol. The molecule has 2 aromatic rings. The maximum absolute atomic E-state index is 5.49. The number of hydrogen-bond donors (Lipinski definition) is 0. The highest BCUT2D eigenvalue weighted by Crippen LogP contribution is 2.21. The predicted molar refractivity (Wildman–Crippen MR) is 53.6 cm³/mol. The minimum Gasteiger partial charge on any atom is -0.492 e. The second-order valence-electron chi connectivity index (χ2n) is 2.79. The third-order valence-electron chi connectivity index (χ3n) is 1.87. The Morgan fingerprint density at radius 1 is 1.43 bits per heavy atom. The first-order valence-corrected chi connectivity index (χ1v) is 4.55. The molecular formula is C11H11N2O. The standard InChI is InChI=1S/C11H11N2O/c1-2-14-11-7-4-3-6-10(11)13-9-5-8-12-13/h3-7,9H,2H2,1H3. The van der Waals surface area contributed by atoms with Gasteiger partial charge in [-0.2, -0.15) is 5.10 Å². The van der Waals surface area contributed by atoms with E-state index in [0.717, 1.165) is 11.4 Å². The van der Waals surface area contributed by atoms with Crippen LogP contribution in [0.25, 0.3) is 5.69 Å². The van der Waals surface area contributed by atoms with E-state index >= 15 is 0 Å². The van der Waals surface area contributed by atoms with Crippen LogP contribution in [-0.2, 0) is 0 Å². The molecule has 71 valence electrons. The topological polar surface area (TPSA) is 27.1 Å². The number of hydrogen-bond acceptors (Lipinski definition) is 2. The van der Waals surface area contributed by atoms with Crippen molar-refractivity contribution < 1.29 is 4.74 Å². The van der Waals surface area contributed by atoms with Gasteiger partial charge in [0.05, 0.1) is 6.61 Å². The smallest absolute Gasteiger partial charge is 0.144 e. The molecule has 2 rings (SSSR count). The number of rotatable bonds is 3. The fourth-order valence-corrected chi connectivity index (χ4v) is 1.29. The zero-order valence-electron chi connectivity index (χ0n) is 7.97. The van der Waals surface area contributed by atoms with Gasteiger partial charge in [-0.15, -0.1) is 0 Å². The first kappa shape index (κ1) is 8.81. The summed E-state index contributed by atoms with van der Waals surface area (Å²) in [5.41, 5.74) is 0.940. The largest absolute Gasteiger partial charge is 0.492 e. The van der Waals surface area contributed by atoms with Crippen molar-refractivity contribution in [2.75, 3.05) is 6.61 Å². The van der Waals surface area contributed by atoms with E-state index in [-0.39, 0.29) is 0 Å². The molecular weight excluding hydrogens is 176 g/mol. The Bertz CT molecular complexity index is 395. The molecule has 0 N–H and O–H groups in total. The Hall–Kier alpha value is -1.77. The molecule has 3 heteroatoms. The van der Waals surface area contributed by atoms with Crippen molar-refractivity contribution in [2.24, 2.45) is 0 Å². The van der Waals surface area contributed by atoms with Gasteiger partial charge in [-0.25, -0.2) is 4.68 Å². The lowest BCUT2D eigenvalue weighted by molar-refractivity contribution is 0.338. The van der Waals surface area contributed by atoms with Crippen molar-refractivity contribution in [3.8, 4) is 11.4 Å². The molecule has 1 heterocycles. The highest BCUT2D eigenvalue weighted by molar-refractivity contribution is 5.45. The van der Waals surface area contributed by atoms with Gasteiger partial charge in [0.25, 0.3) is 0 Å². The van der Waals surface area contributed by atoms with Crippen molar-refractivity contribution in [3.63, 3.8) is 0 Å². The Morgan fingerprint density at radius 2 is 2.29 bits per heavy atom. The van der Waals surface area contributed by atoms with E-state index in [2.05, 4.69) is 11.3 Å². The average Bonchev–Trinajstić information content (AvgIpc) is 2.72. The quantitative estimate of drug-likeness (QED) is 0.735. The van der Waals surface area contributed by atoms with Crippen molar-refractivity contribution >= 4 is 0 Å². The third-order valence-corrected chi connectivity index (χ3v) is 1.87. The minimum atomic E-state index is 0.655. The summed E-state index contributed by atoms with van der Waals surface area (Å²) < 4.78 is 7.23. The Morgan fingerprint density at radius 3 is 3.00 bits per heavy atom. The molecule has 0 fully saturated rings. The summed E-state index contributed by atoms with van der Waals surface area (Å²) in [6, 6.07) is 9.57. The van der Waals surface area contributed by atoms with Gasteiger partial charge in [0.1, 0.15) is 17.6 Å². The molecule has 0 aliphatic heterocycles. The van der Waals surface area contributed by atoms with Gasteiger partial charge >= 0.3 is 0 Å². The molecule has 14 heavy (non-hydrogen) atoms. The summed E-state index contributed by atoms with van der Waals surface area (Å²) in [5.74, 6) is 0.840. The molecule has 1 aromatic heterocycles. The van der Waals surface area contributed by atoms with Crippen LogP contribution >= 0.6 is 0 Å². The Kier molecular flexibility index (Phi) is 2.49. The summed E-state index contributed by atoms with van der Waals surface area (Å²) in [5, 5.41) is 4.04. The van der Waals surface area contributed by atoms with Crippen molar-refractivity contribution in [1.82, 2.24) is 9.78 Å². The summed E-state index contributed by atoms with van der Waals surface area (Å²) in [4.78, 5) is 0. The van der Waals surface area contributed by atoms with Gasteiger partial charge in [0, 0.05) is 6.20 Å². The molecule has 0 saturated carbocycles. The van der Waals surface area contributed by atoms with Gasteiger partial charge in [0.15, 0.2) is 0 Å². The first-order chi connectivity index (χ1) is 6.92. The molecule has 0 aliphatic carbocycles. The summed E-state index contributed by atoms with van der Waals surface area (Å²) in [6.45, 7) is 2.62. The van der Waals surface area contributed by atoms with Crippen LogP contribution in [0.4, 0.5) is 0 Å². The number of para-hydroxylation sites is 2. The SMILES string of the molecule is CCOc1ccccc1-n1cc[c]n1. The van der Waals surface area contributed by atoms with E-state index in [4.69, 9.17) is 4.74 Å². The molecule has 0 amide bonds. The first-order valence-electron chi connectivity index (χ1n) is 4.55. The Labute approximate surface area is 82.9 Å². The van der Waals surface area contributed by atoms with E-state index in [1.165, 1.54) is 0 Å². The van der Waals surface area contributed by atoms with Crippen molar-refractivity contribution in [1.29, 1.82) is 0 Å². The molecule has 0 atom stereocenters. The maximum Gasteiger partial charge on any atom is 0.144 e. The monoisotopic (exact) mass is 187 g/mol. The normalized spacial score (nSPS) is 10.1. The van der Waals surface area contributed by atoms with Crippen LogP contribution in [0, 0.1) is 6.20 Å². The van der Waals surface area contributed by atoms with Crippen LogP contribution in [0.15, 0.2) is 36.5 Å². The van der Waals surface area contributed by atoms with Crippen molar-refractivity contribution in [2.45, 2.75) is 6.92 Å². The summed E-state index contributed by atoms with van der Waals surface area (Å²) >= 11 is 0. The van der Waals surface area contributed by atoms with Crippen LogP contribution in [0.3, 0.4) is 0 Å². The molecule has 3 nitrogen and oxygen atoms in total. The van der Waals surface area contributed by atoms with E-state index < -0.39 is 0 Å². The summed E-state index contributed by atoms with van der Waals surface area (Å²) in [6.07, 6.45) is 4.60. The Balaban J connectivity index is 2.42. The predicted octanol–water partition coefficient (Wildman–Crippen LogP) is 2.07. The zero-order chi connectivity index (χ0) is 9.80. The number of benzene rings is 1. The molecule has 1 aromatic carbocycles. The van der Waals surface area contributed by atoms with E-state index in [1.54, 1.807) is 10.7 Å².